The van der Waals surface area contributed by atoms with Gasteiger partial charge in [0.25, 0.3) is 0 Å². The Kier molecular flexibility index (Phi) is 7.69. The normalized spacial score (nSPS) is 18.0. The Morgan fingerprint density at radius 3 is 2.29 bits per heavy atom. The average molecular weight is 294 g/mol. The average Bonchev–Trinajstić information content (AvgIpc) is 2.44. The number of unbranched alkanes of at least 4 members (excludes halogenated alkanes) is 1. The summed E-state index contributed by atoms with van der Waals surface area (Å²) in [6.07, 6.45) is 2.69. The number of amides is 1. The third-order valence-electron chi connectivity index (χ3n) is 4.07. The third-order valence-corrected chi connectivity index (χ3v) is 4.07. The highest BCUT2D eigenvalue weighted by Gasteiger charge is 2.27. The monoisotopic (exact) mass is 294 g/mol. The van der Waals surface area contributed by atoms with Gasteiger partial charge in [-0.3, -0.25) is 9.69 Å². The summed E-state index contributed by atoms with van der Waals surface area (Å²) in [6.45, 7) is 8.36. The predicted octanol–water partition coefficient (Wildman–Crippen LogP) is 1.41. The highest BCUT2D eigenvalue weighted by Crippen LogP contribution is 2.14. The van der Waals surface area contributed by atoms with Crippen molar-refractivity contribution in [2.24, 2.45) is 5.92 Å². The van der Waals surface area contributed by atoms with Gasteiger partial charge in [0.05, 0.1) is 6.07 Å². The molecule has 0 aliphatic carbocycles. The molecule has 0 saturated carbocycles. The van der Waals surface area contributed by atoms with E-state index in [1.807, 2.05) is 4.90 Å². The molecule has 5 nitrogen and oxygen atoms in total. The van der Waals surface area contributed by atoms with E-state index in [4.69, 9.17) is 0 Å². The van der Waals surface area contributed by atoms with Crippen molar-refractivity contribution in [3.63, 3.8) is 0 Å². The van der Waals surface area contributed by atoms with Crippen molar-refractivity contribution in [1.82, 2.24) is 14.7 Å². The van der Waals surface area contributed by atoms with Crippen molar-refractivity contribution < 1.29 is 4.79 Å². The zero-order valence-corrected chi connectivity index (χ0v) is 14.0. The second-order valence-corrected chi connectivity index (χ2v) is 6.50. The SMILES string of the molecule is CC(C)[C@H](C#N)N1CCN(C(=O)CCCCN(C)C)CC1. The lowest BCUT2D eigenvalue weighted by Gasteiger charge is -2.38. The highest BCUT2D eigenvalue weighted by molar-refractivity contribution is 5.76. The molecular weight excluding hydrogens is 264 g/mol. The zero-order valence-electron chi connectivity index (χ0n) is 14.0. The second kappa shape index (κ2) is 9.01. The molecule has 0 unspecified atom stereocenters. The van der Waals surface area contributed by atoms with Gasteiger partial charge in [-0.15, -0.1) is 0 Å². The smallest absolute Gasteiger partial charge is 0.222 e. The fourth-order valence-electron chi connectivity index (χ4n) is 2.76. The van der Waals surface area contributed by atoms with Gasteiger partial charge in [0, 0.05) is 32.6 Å². The summed E-state index contributed by atoms with van der Waals surface area (Å²) >= 11 is 0. The number of rotatable bonds is 7. The van der Waals surface area contributed by atoms with Crippen LogP contribution in [0.15, 0.2) is 0 Å². The largest absolute Gasteiger partial charge is 0.340 e. The summed E-state index contributed by atoms with van der Waals surface area (Å²) in [6, 6.07) is 2.36. The van der Waals surface area contributed by atoms with E-state index in [0.29, 0.717) is 12.3 Å². The molecule has 0 bridgehead atoms. The highest BCUT2D eigenvalue weighted by atomic mass is 16.2. The summed E-state index contributed by atoms with van der Waals surface area (Å²) in [5, 5.41) is 9.24. The molecule has 120 valence electrons. The van der Waals surface area contributed by atoms with Crippen LogP contribution in [0.25, 0.3) is 0 Å². The minimum absolute atomic E-state index is 0.0256. The van der Waals surface area contributed by atoms with E-state index < -0.39 is 0 Å². The maximum absolute atomic E-state index is 12.2. The van der Waals surface area contributed by atoms with E-state index in [1.165, 1.54) is 0 Å². The van der Waals surface area contributed by atoms with E-state index in [-0.39, 0.29) is 11.9 Å². The van der Waals surface area contributed by atoms with Crippen LogP contribution < -0.4 is 0 Å². The Balaban J connectivity index is 2.29. The predicted molar refractivity (Wildman–Crippen MR) is 84.8 cm³/mol. The van der Waals surface area contributed by atoms with Gasteiger partial charge < -0.3 is 9.80 Å². The Morgan fingerprint density at radius 1 is 1.19 bits per heavy atom. The van der Waals surface area contributed by atoms with Crippen LogP contribution in [0.3, 0.4) is 0 Å². The molecule has 21 heavy (non-hydrogen) atoms. The van der Waals surface area contributed by atoms with Crippen LogP contribution in [-0.2, 0) is 4.79 Å². The maximum Gasteiger partial charge on any atom is 0.222 e. The van der Waals surface area contributed by atoms with Crippen LogP contribution in [0.4, 0.5) is 0 Å². The molecule has 0 N–H and O–H groups in total. The minimum Gasteiger partial charge on any atom is -0.340 e. The van der Waals surface area contributed by atoms with Crippen molar-refractivity contribution in [3.8, 4) is 6.07 Å². The Hall–Kier alpha value is -1.12. The van der Waals surface area contributed by atoms with Crippen LogP contribution in [0, 0.1) is 17.2 Å². The number of carbonyl (C=O) groups is 1. The molecule has 1 saturated heterocycles. The molecule has 1 aliphatic heterocycles. The van der Waals surface area contributed by atoms with Gasteiger partial charge in [0.2, 0.25) is 5.91 Å². The van der Waals surface area contributed by atoms with Crippen molar-refractivity contribution in [2.45, 2.75) is 39.2 Å². The Labute approximate surface area is 129 Å². The summed E-state index contributed by atoms with van der Waals surface area (Å²) in [4.78, 5) is 18.5. The number of nitrogens with zero attached hydrogens (tertiary/aromatic N) is 4. The first-order chi connectivity index (χ1) is 9.95. The molecule has 1 aliphatic rings. The first-order valence-corrected chi connectivity index (χ1v) is 8.02. The van der Waals surface area contributed by atoms with Gasteiger partial charge in [-0.2, -0.15) is 5.26 Å². The van der Waals surface area contributed by atoms with Crippen molar-refractivity contribution >= 4 is 5.91 Å². The molecule has 0 spiro atoms. The summed E-state index contributed by atoms with van der Waals surface area (Å²) in [5.74, 6) is 0.606. The quantitative estimate of drug-likeness (QED) is 0.666. The molecule has 1 rings (SSSR count). The molecule has 0 aromatic carbocycles. The summed E-state index contributed by atoms with van der Waals surface area (Å²) in [7, 11) is 4.11. The number of carbonyl (C=O) groups excluding carboxylic acids is 1. The van der Waals surface area contributed by atoms with E-state index in [0.717, 1.165) is 45.6 Å². The van der Waals surface area contributed by atoms with Crippen LogP contribution in [0.2, 0.25) is 0 Å². The molecule has 0 radical (unpaired) electrons. The Morgan fingerprint density at radius 2 is 1.81 bits per heavy atom. The van der Waals surface area contributed by atoms with Crippen LogP contribution in [0.1, 0.15) is 33.1 Å². The van der Waals surface area contributed by atoms with Crippen LogP contribution in [0.5, 0.6) is 0 Å². The second-order valence-electron chi connectivity index (χ2n) is 6.50. The molecule has 1 fully saturated rings. The van der Waals surface area contributed by atoms with E-state index in [9.17, 15) is 10.1 Å². The van der Waals surface area contributed by atoms with Crippen molar-refractivity contribution in [2.75, 3.05) is 46.8 Å². The first kappa shape index (κ1) is 17.9. The fourth-order valence-corrected chi connectivity index (χ4v) is 2.76. The standard InChI is InChI=1S/C16H30N4O/c1-14(2)15(13-17)19-9-11-20(12-10-19)16(21)7-5-6-8-18(3)4/h14-15H,5-12H2,1-4H3/t15-/m0/s1. The van der Waals surface area contributed by atoms with E-state index >= 15 is 0 Å². The lowest BCUT2D eigenvalue weighted by molar-refractivity contribution is -0.133. The lowest BCUT2D eigenvalue weighted by Crippen LogP contribution is -2.52. The number of piperazine rings is 1. The van der Waals surface area contributed by atoms with Gasteiger partial charge >= 0.3 is 0 Å². The lowest BCUT2D eigenvalue weighted by atomic mass is 10.0. The fraction of sp³-hybridized carbons (Fsp3) is 0.875. The van der Waals surface area contributed by atoms with Crippen LogP contribution >= 0.6 is 0 Å². The molecule has 0 aromatic heterocycles. The molecule has 1 heterocycles. The topological polar surface area (TPSA) is 50.6 Å². The number of hydrogen-bond acceptors (Lipinski definition) is 4. The zero-order chi connectivity index (χ0) is 15.8. The van der Waals surface area contributed by atoms with Crippen molar-refractivity contribution in [3.05, 3.63) is 0 Å². The van der Waals surface area contributed by atoms with Gasteiger partial charge in [-0.05, 0) is 39.4 Å². The third kappa shape index (κ3) is 6.03. The number of hydrogen-bond donors (Lipinski definition) is 0. The summed E-state index contributed by atoms with van der Waals surface area (Å²) in [5.41, 5.74) is 0. The van der Waals surface area contributed by atoms with Crippen molar-refractivity contribution in [1.29, 1.82) is 5.26 Å². The molecular formula is C16H30N4O. The minimum atomic E-state index is -0.0256. The van der Waals surface area contributed by atoms with Gasteiger partial charge in [0.15, 0.2) is 0 Å². The maximum atomic E-state index is 12.2. The molecule has 0 aromatic rings. The first-order valence-electron chi connectivity index (χ1n) is 8.02. The Bertz CT molecular complexity index is 354. The van der Waals surface area contributed by atoms with Gasteiger partial charge in [-0.25, -0.2) is 0 Å². The van der Waals surface area contributed by atoms with Gasteiger partial charge in [-0.1, -0.05) is 13.8 Å². The van der Waals surface area contributed by atoms with Gasteiger partial charge in [0.1, 0.15) is 6.04 Å². The molecule has 5 heteroatoms. The molecule has 1 atom stereocenters. The number of nitriles is 1. The van der Waals surface area contributed by atoms with E-state index in [2.05, 4.69) is 43.8 Å². The van der Waals surface area contributed by atoms with Crippen LogP contribution in [-0.4, -0.2) is 73.5 Å². The summed E-state index contributed by atoms with van der Waals surface area (Å²) < 4.78 is 0. The van der Waals surface area contributed by atoms with E-state index in [1.54, 1.807) is 0 Å². The molecule has 1 amide bonds.